The van der Waals surface area contributed by atoms with Gasteiger partial charge in [0.2, 0.25) is 6.41 Å². The Balaban J connectivity index is 1.58. The second-order valence-electron chi connectivity index (χ2n) is 7.59. The van der Waals surface area contributed by atoms with Gasteiger partial charge in [-0.1, -0.05) is 17.7 Å². The van der Waals surface area contributed by atoms with Crippen LogP contribution in [0.1, 0.15) is 45.2 Å². The molecule has 0 bridgehead atoms. The van der Waals surface area contributed by atoms with Crippen LogP contribution in [-0.4, -0.2) is 63.8 Å². The highest BCUT2D eigenvalue weighted by atomic mass is 16.2. The number of rotatable bonds is 4. The predicted octanol–water partition coefficient (Wildman–Crippen LogP) is 1.69. The summed E-state index contributed by atoms with van der Waals surface area (Å²) in [7, 11) is 0. The second kappa shape index (κ2) is 8.06. The first kappa shape index (κ1) is 19.2. The molecular weight excluding hydrogens is 370 g/mol. The third kappa shape index (κ3) is 3.87. The number of aromatic nitrogens is 2. The van der Waals surface area contributed by atoms with Crippen LogP contribution in [-0.2, 0) is 17.8 Å². The van der Waals surface area contributed by atoms with Crippen molar-refractivity contribution in [1.82, 2.24) is 19.4 Å². The van der Waals surface area contributed by atoms with Gasteiger partial charge in [-0.3, -0.25) is 14.4 Å². The molecule has 2 aromatic rings. The molecule has 3 amide bonds. The molecule has 0 saturated carbocycles. The van der Waals surface area contributed by atoms with Crippen LogP contribution in [0.25, 0.3) is 0 Å². The molecule has 0 unspecified atom stereocenters. The third-order valence-electron chi connectivity index (χ3n) is 5.58. The molecule has 1 fully saturated rings. The number of imidazole rings is 1. The number of nitrogens with zero attached hydrogens (tertiary/aromatic N) is 4. The monoisotopic (exact) mass is 395 g/mol. The number of benzene rings is 1. The fraction of sp³-hybridized carbons (Fsp3) is 0.429. The van der Waals surface area contributed by atoms with E-state index in [1.54, 1.807) is 9.80 Å². The average molecular weight is 395 g/mol. The number of fused-ring (bicyclic) bond motifs is 1. The summed E-state index contributed by atoms with van der Waals surface area (Å²) in [5.41, 5.74) is 3.03. The van der Waals surface area contributed by atoms with Crippen LogP contribution >= 0.6 is 0 Å². The maximum absolute atomic E-state index is 13.1. The van der Waals surface area contributed by atoms with Crippen molar-refractivity contribution in [3.8, 4) is 0 Å². The Hall–Kier alpha value is -3.16. The van der Waals surface area contributed by atoms with Crippen molar-refractivity contribution >= 4 is 23.9 Å². The summed E-state index contributed by atoms with van der Waals surface area (Å²) < 4.78 is 1.89. The van der Waals surface area contributed by atoms with Crippen LogP contribution in [0, 0.1) is 6.92 Å². The van der Waals surface area contributed by atoms with E-state index in [2.05, 4.69) is 10.3 Å². The Kier molecular flexibility index (Phi) is 5.33. The summed E-state index contributed by atoms with van der Waals surface area (Å²) in [5.74, 6) is -0.174. The van der Waals surface area contributed by atoms with Gasteiger partial charge in [-0.05, 0) is 38.3 Å². The quantitative estimate of drug-likeness (QED) is 0.798. The van der Waals surface area contributed by atoms with Crippen molar-refractivity contribution in [2.24, 2.45) is 0 Å². The number of aryl methyl sites for hydroxylation is 1. The van der Waals surface area contributed by atoms with Crippen LogP contribution in [0.2, 0.25) is 0 Å². The predicted molar refractivity (Wildman–Crippen MR) is 108 cm³/mol. The molecule has 152 valence electrons. The standard InChI is InChI=1S/C21H25N5O3/c1-15-5-7-16(8-6-15)22-20(28)19-23-18(17-4-2-3-9-26(17)19)21(29)25-12-10-24(14-27)11-13-25/h5-8,14H,2-4,9-13H2,1H3,(H,22,28). The lowest BCUT2D eigenvalue weighted by molar-refractivity contribution is -0.119. The van der Waals surface area contributed by atoms with Gasteiger partial charge >= 0.3 is 0 Å². The van der Waals surface area contributed by atoms with Crippen LogP contribution in [0.15, 0.2) is 24.3 Å². The van der Waals surface area contributed by atoms with Crippen molar-refractivity contribution in [3.05, 3.63) is 47.0 Å². The van der Waals surface area contributed by atoms with E-state index < -0.39 is 0 Å². The van der Waals surface area contributed by atoms with Crippen molar-refractivity contribution in [2.45, 2.75) is 32.7 Å². The molecule has 1 N–H and O–H groups in total. The lowest BCUT2D eigenvalue weighted by Crippen LogP contribution is -2.48. The summed E-state index contributed by atoms with van der Waals surface area (Å²) in [6.45, 7) is 4.68. The topological polar surface area (TPSA) is 87.5 Å². The van der Waals surface area contributed by atoms with Gasteiger partial charge in [-0.2, -0.15) is 0 Å². The van der Waals surface area contributed by atoms with Crippen molar-refractivity contribution in [2.75, 3.05) is 31.5 Å². The van der Waals surface area contributed by atoms with Gasteiger partial charge in [0.25, 0.3) is 11.8 Å². The molecular formula is C21H25N5O3. The maximum atomic E-state index is 13.1. The van der Waals surface area contributed by atoms with E-state index in [9.17, 15) is 14.4 Å². The molecule has 0 atom stereocenters. The van der Waals surface area contributed by atoms with E-state index >= 15 is 0 Å². The molecule has 0 spiro atoms. The zero-order valence-corrected chi connectivity index (χ0v) is 16.6. The molecule has 8 heteroatoms. The lowest BCUT2D eigenvalue weighted by Gasteiger charge is -2.32. The Morgan fingerprint density at radius 3 is 2.45 bits per heavy atom. The Morgan fingerprint density at radius 1 is 1.03 bits per heavy atom. The molecule has 3 heterocycles. The number of hydrogen-bond donors (Lipinski definition) is 1. The summed E-state index contributed by atoms with van der Waals surface area (Å²) in [6, 6.07) is 7.58. The smallest absolute Gasteiger partial charge is 0.291 e. The number of carbonyl (C=O) groups excluding carboxylic acids is 3. The van der Waals surface area contributed by atoms with Crippen LogP contribution in [0.4, 0.5) is 5.69 Å². The van der Waals surface area contributed by atoms with E-state index in [4.69, 9.17) is 0 Å². The van der Waals surface area contributed by atoms with Gasteiger partial charge < -0.3 is 19.7 Å². The highest BCUT2D eigenvalue weighted by molar-refractivity contribution is 6.03. The second-order valence-corrected chi connectivity index (χ2v) is 7.59. The molecule has 1 saturated heterocycles. The zero-order valence-electron chi connectivity index (χ0n) is 16.6. The number of nitrogens with one attached hydrogen (secondary N) is 1. The van der Waals surface area contributed by atoms with Crippen LogP contribution in [0.3, 0.4) is 0 Å². The fourth-order valence-electron chi connectivity index (χ4n) is 3.89. The third-order valence-corrected chi connectivity index (χ3v) is 5.58. The molecule has 2 aliphatic rings. The van der Waals surface area contributed by atoms with E-state index in [1.807, 2.05) is 35.8 Å². The van der Waals surface area contributed by atoms with Gasteiger partial charge in [0.05, 0.1) is 5.69 Å². The van der Waals surface area contributed by atoms with Crippen LogP contribution in [0.5, 0.6) is 0 Å². The molecule has 2 aliphatic heterocycles. The molecule has 29 heavy (non-hydrogen) atoms. The number of amides is 3. The number of hydrogen-bond acceptors (Lipinski definition) is 4. The van der Waals surface area contributed by atoms with Gasteiger partial charge in [0, 0.05) is 38.4 Å². The molecule has 0 radical (unpaired) electrons. The molecule has 0 aliphatic carbocycles. The Labute approximate surface area is 169 Å². The summed E-state index contributed by atoms with van der Waals surface area (Å²) >= 11 is 0. The Bertz CT molecular complexity index is 927. The van der Waals surface area contributed by atoms with Crippen molar-refractivity contribution in [3.63, 3.8) is 0 Å². The van der Waals surface area contributed by atoms with E-state index in [-0.39, 0.29) is 17.6 Å². The molecule has 1 aromatic heterocycles. The Morgan fingerprint density at radius 2 is 1.76 bits per heavy atom. The van der Waals surface area contributed by atoms with Gasteiger partial charge in [0.1, 0.15) is 5.69 Å². The minimum absolute atomic E-state index is 0.157. The summed E-state index contributed by atoms with van der Waals surface area (Å²) in [4.78, 5) is 44.8. The first-order valence-electron chi connectivity index (χ1n) is 10.0. The average Bonchev–Trinajstić information content (AvgIpc) is 3.15. The van der Waals surface area contributed by atoms with Gasteiger partial charge in [0.15, 0.2) is 5.82 Å². The molecule has 8 nitrogen and oxygen atoms in total. The fourth-order valence-corrected chi connectivity index (χ4v) is 3.89. The lowest BCUT2D eigenvalue weighted by atomic mass is 10.1. The maximum Gasteiger partial charge on any atom is 0.291 e. The first-order chi connectivity index (χ1) is 14.1. The minimum atomic E-state index is -0.304. The number of anilines is 1. The highest BCUT2D eigenvalue weighted by Gasteiger charge is 2.31. The largest absolute Gasteiger partial charge is 0.342 e. The number of piperazine rings is 1. The number of carbonyl (C=O) groups is 3. The van der Waals surface area contributed by atoms with E-state index in [0.29, 0.717) is 44.1 Å². The van der Waals surface area contributed by atoms with Gasteiger partial charge in [-0.25, -0.2) is 4.98 Å². The first-order valence-corrected chi connectivity index (χ1v) is 10.0. The van der Waals surface area contributed by atoms with Gasteiger partial charge in [-0.15, -0.1) is 0 Å². The summed E-state index contributed by atoms with van der Waals surface area (Å²) in [5, 5.41) is 2.89. The zero-order chi connectivity index (χ0) is 20.4. The minimum Gasteiger partial charge on any atom is -0.342 e. The van der Waals surface area contributed by atoms with Crippen molar-refractivity contribution < 1.29 is 14.4 Å². The van der Waals surface area contributed by atoms with E-state index in [1.165, 1.54) is 0 Å². The summed E-state index contributed by atoms with van der Waals surface area (Å²) in [6.07, 6.45) is 3.48. The van der Waals surface area contributed by atoms with Crippen molar-refractivity contribution in [1.29, 1.82) is 0 Å². The van der Waals surface area contributed by atoms with Crippen LogP contribution < -0.4 is 5.32 Å². The molecule has 4 rings (SSSR count). The normalized spacial score (nSPS) is 16.3. The SMILES string of the molecule is Cc1ccc(NC(=O)c2nc(C(=O)N3CCN(C=O)CC3)c3n2CCCC3)cc1. The highest BCUT2D eigenvalue weighted by Crippen LogP contribution is 2.23. The van der Waals surface area contributed by atoms with E-state index in [0.717, 1.165) is 36.9 Å². The molecule has 1 aromatic carbocycles.